The van der Waals surface area contributed by atoms with Crippen LogP contribution in [-0.4, -0.2) is 5.78 Å². The molecule has 5 heteroatoms. The summed E-state index contributed by atoms with van der Waals surface area (Å²) in [4.78, 5) is 12.3. The molecular formula is C15H7BrClFO2. The van der Waals surface area contributed by atoms with Gasteiger partial charge in [0.1, 0.15) is 11.4 Å². The van der Waals surface area contributed by atoms with Gasteiger partial charge in [-0.3, -0.25) is 4.79 Å². The van der Waals surface area contributed by atoms with Crippen LogP contribution in [0.5, 0.6) is 0 Å². The first-order chi connectivity index (χ1) is 9.54. The minimum Gasteiger partial charge on any atom is -0.453 e. The molecule has 3 aromatic rings. The fourth-order valence-electron chi connectivity index (χ4n) is 1.93. The molecule has 0 atom stereocenters. The van der Waals surface area contributed by atoms with Crippen molar-refractivity contribution in [3.05, 3.63) is 69.1 Å². The summed E-state index contributed by atoms with van der Waals surface area (Å²) in [6, 6.07) is 10.9. The number of hydrogen-bond acceptors (Lipinski definition) is 2. The Balaban J connectivity index is 2.08. The first kappa shape index (κ1) is 13.3. The highest BCUT2D eigenvalue weighted by atomic mass is 79.9. The highest BCUT2D eigenvalue weighted by Crippen LogP contribution is 2.25. The first-order valence-corrected chi connectivity index (χ1v) is 6.90. The van der Waals surface area contributed by atoms with E-state index in [4.69, 9.17) is 16.0 Å². The molecule has 0 spiro atoms. The lowest BCUT2D eigenvalue weighted by molar-refractivity contribution is 0.101. The summed E-state index contributed by atoms with van der Waals surface area (Å²) in [5.41, 5.74) is 0.508. The number of carbonyl (C=O) groups excluding carboxylic acids is 1. The lowest BCUT2D eigenvalue weighted by Crippen LogP contribution is -2.02. The predicted molar refractivity (Wildman–Crippen MR) is 78.8 cm³/mol. The van der Waals surface area contributed by atoms with Crippen LogP contribution in [0, 0.1) is 5.82 Å². The van der Waals surface area contributed by atoms with E-state index >= 15 is 0 Å². The van der Waals surface area contributed by atoms with Gasteiger partial charge in [-0.1, -0.05) is 27.5 Å². The predicted octanol–water partition coefficient (Wildman–Crippen LogP) is 5.22. The van der Waals surface area contributed by atoms with Gasteiger partial charge < -0.3 is 4.42 Å². The minimum absolute atomic E-state index is 0.0293. The maximum absolute atomic E-state index is 13.8. The second-order valence-corrected chi connectivity index (χ2v) is 5.60. The first-order valence-electron chi connectivity index (χ1n) is 5.73. The van der Waals surface area contributed by atoms with Crippen molar-refractivity contribution < 1.29 is 13.6 Å². The molecule has 2 nitrogen and oxygen atoms in total. The van der Waals surface area contributed by atoms with Crippen LogP contribution in [0.4, 0.5) is 4.39 Å². The highest BCUT2D eigenvalue weighted by molar-refractivity contribution is 9.10. The Morgan fingerprint density at radius 1 is 1.15 bits per heavy atom. The quantitative estimate of drug-likeness (QED) is 0.591. The third-order valence-corrected chi connectivity index (χ3v) is 3.61. The maximum atomic E-state index is 13.8. The van der Waals surface area contributed by atoms with Gasteiger partial charge in [-0.05, 0) is 42.5 Å². The molecule has 0 radical (unpaired) electrons. The second kappa shape index (κ2) is 5.04. The molecule has 0 N–H and O–H groups in total. The van der Waals surface area contributed by atoms with E-state index in [2.05, 4.69) is 15.9 Å². The highest BCUT2D eigenvalue weighted by Gasteiger charge is 2.18. The van der Waals surface area contributed by atoms with Gasteiger partial charge >= 0.3 is 0 Å². The zero-order chi connectivity index (χ0) is 14.3. The van der Waals surface area contributed by atoms with Gasteiger partial charge in [-0.2, -0.15) is 0 Å². The monoisotopic (exact) mass is 352 g/mol. The Kier molecular flexibility index (Phi) is 3.36. The Morgan fingerprint density at radius 3 is 2.70 bits per heavy atom. The van der Waals surface area contributed by atoms with Crippen molar-refractivity contribution in [3.8, 4) is 0 Å². The zero-order valence-electron chi connectivity index (χ0n) is 9.99. The smallest absolute Gasteiger partial charge is 0.231 e. The molecule has 20 heavy (non-hydrogen) atoms. The summed E-state index contributed by atoms with van der Waals surface area (Å²) in [6.45, 7) is 0. The Morgan fingerprint density at radius 2 is 1.95 bits per heavy atom. The van der Waals surface area contributed by atoms with Crippen molar-refractivity contribution in [1.82, 2.24) is 0 Å². The number of halogens is 3. The van der Waals surface area contributed by atoms with Gasteiger partial charge in [0.15, 0.2) is 5.76 Å². The third kappa shape index (κ3) is 2.37. The van der Waals surface area contributed by atoms with Crippen LogP contribution < -0.4 is 0 Å². The topological polar surface area (TPSA) is 30.2 Å². The van der Waals surface area contributed by atoms with E-state index in [1.165, 1.54) is 12.1 Å². The van der Waals surface area contributed by atoms with Crippen LogP contribution in [-0.2, 0) is 0 Å². The normalized spacial score (nSPS) is 10.9. The maximum Gasteiger partial charge on any atom is 0.231 e. The molecule has 1 aromatic heterocycles. The van der Waals surface area contributed by atoms with Crippen molar-refractivity contribution >= 4 is 44.3 Å². The SMILES string of the molecule is O=C(c1cc2cc(Cl)ccc2o1)c1ccc(Br)cc1F. The molecule has 0 saturated heterocycles. The van der Waals surface area contributed by atoms with Crippen molar-refractivity contribution in [1.29, 1.82) is 0 Å². The molecular weight excluding hydrogens is 347 g/mol. The van der Waals surface area contributed by atoms with E-state index < -0.39 is 11.6 Å². The van der Waals surface area contributed by atoms with Gasteiger partial charge in [0.05, 0.1) is 5.56 Å². The van der Waals surface area contributed by atoms with E-state index in [0.29, 0.717) is 20.5 Å². The summed E-state index contributed by atoms with van der Waals surface area (Å²) >= 11 is 9.02. The van der Waals surface area contributed by atoms with Crippen LogP contribution in [0.2, 0.25) is 5.02 Å². The standard InChI is InChI=1S/C15H7BrClFO2/c16-9-1-3-11(12(18)7-9)15(19)14-6-8-5-10(17)2-4-13(8)20-14/h1-7H. The summed E-state index contributed by atoms with van der Waals surface area (Å²) in [5.74, 6) is -1.01. The van der Waals surface area contributed by atoms with Crippen molar-refractivity contribution in [3.63, 3.8) is 0 Å². The molecule has 0 fully saturated rings. The lowest BCUT2D eigenvalue weighted by Gasteiger charge is -2.00. The van der Waals surface area contributed by atoms with Gasteiger partial charge in [0.2, 0.25) is 5.78 Å². The number of hydrogen-bond donors (Lipinski definition) is 0. The largest absolute Gasteiger partial charge is 0.453 e. The van der Waals surface area contributed by atoms with E-state index in [0.717, 1.165) is 0 Å². The molecule has 1 heterocycles. The van der Waals surface area contributed by atoms with E-state index in [-0.39, 0.29) is 11.3 Å². The van der Waals surface area contributed by atoms with Gasteiger partial charge in [0, 0.05) is 14.9 Å². The summed E-state index contributed by atoms with van der Waals surface area (Å²) < 4.78 is 19.8. The third-order valence-electron chi connectivity index (χ3n) is 2.88. The summed E-state index contributed by atoms with van der Waals surface area (Å²) in [7, 11) is 0. The Hall–Kier alpha value is -1.65. The molecule has 0 amide bonds. The van der Waals surface area contributed by atoms with Crippen LogP contribution in [0.25, 0.3) is 11.0 Å². The van der Waals surface area contributed by atoms with E-state index in [1.54, 1.807) is 30.3 Å². The number of benzene rings is 2. The van der Waals surface area contributed by atoms with Gasteiger partial charge in [-0.25, -0.2) is 4.39 Å². The summed E-state index contributed by atoms with van der Waals surface area (Å²) in [5, 5.41) is 1.26. The molecule has 0 bridgehead atoms. The number of carbonyl (C=O) groups is 1. The van der Waals surface area contributed by atoms with E-state index in [1.807, 2.05) is 0 Å². The van der Waals surface area contributed by atoms with Gasteiger partial charge in [0.25, 0.3) is 0 Å². The minimum atomic E-state index is -0.595. The van der Waals surface area contributed by atoms with Crippen LogP contribution in [0.3, 0.4) is 0 Å². The molecule has 0 aliphatic rings. The molecule has 0 aliphatic heterocycles. The number of rotatable bonds is 2. The van der Waals surface area contributed by atoms with Gasteiger partial charge in [-0.15, -0.1) is 0 Å². The average Bonchev–Trinajstić information content (AvgIpc) is 2.81. The lowest BCUT2D eigenvalue weighted by atomic mass is 10.1. The fourth-order valence-corrected chi connectivity index (χ4v) is 2.45. The molecule has 0 aliphatic carbocycles. The van der Waals surface area contributed by atoms with Crippen molar-refractivity contribution in [2.75, 3.05) is 0 Å². The fraction of sp³-hybridized carbons (Fsp3) is 0. The van der Waals surface area contributed by atoms with Crippen molar-refractivity contribution in [2.45, 2.75) is 0 Å². The summed E-state index contributed by atoms with van der Waals surface area (Å²) in [6.07, 6.45) is 0. The molecule has 100 valence electrons. The molecule has 0 unspecified atom stereocenters. The van der Waals surface area contributed by atoms with Crippen LogP contribution in [0.1, 0.15) is 16.1 Å². The van der Waals surface area contributed by atoms with Crippen LogP contribution in [0.15, 0.2) is 51.4 Å². The second-order valence-electron chi connectivity index (χ2n) is 4.25. The Bertz CT molecular complexity index is 826. The number of fused-ring (bicyclic) bond motifs is 1. The molecule has 3 rings (SSSR count). The average molecular weight is 354 g/mol. The van der Waals surface area contributed by atoms with Crippen molar-refractivity contribution in [2.24, 2.45) is 0 Å². The number of furan rings is 1. The molecule has 2 aromatic carbocycles. The number of ketones is 1. The van der Waals surface area contributed by atoms with E-state index in [9.17, 15) is 9.18 Å². The zero-order valence-corrected chi connectivity index (χ0v) is 12.3. The Labute approximate surface area is 127 Å². The molecule has 0 saturated carbocycles. The van der Waals surface area contributed by atoms with Crippen LogP contribution >= 0.6 is 27.5 Å².